The van der Waals surface area contributed by atoms with E-state index in [4.69, 9.17) is 5.73 Å². The smallest absolute Gasteiger partial charge is 0.222 e. The maximum Gasteiger partial charge on any atom is 0.222 e. The lowest BCUT2D eigenvalue weighted by molar-refractivity contribution is -0.130. The molecule has 0 bridgehead atoms. The molecule has 0 atom stereocenters. The van der Waals surface area contributed by atoms with Gasteiger partial charge in [-0.3, -0.25) is 4.79 Å². The fourth-order valence-electron chi connectivity index (χ4n) is 1.89. The summed E-state index contributed by atoms with van der Waals surface area (Å²) < 4.78 is 1.17. The Morgan fingerprint density at radius 1 is 1.37 bits per heavy atom. The van der Waals surface area contributed by atoms with E-state index in [1.807, 2.05) is 25.2 Å². The van der Waals surface area contributed by atoms with Crippen molar-refractivity contribution in [2.45, 2.75) is 25.8 Å². The van der Waals surface area contributed by atoms with Crippen LogP contribution < -0.4 is 5.73 Å². The topological polar surface area (TPSA) is 59.2 Å². The number of nitrogens with two attached hydrogens (primary N) is 1. The number of carbonyl (C=O) groups excluding carboxylic acids is 1. The number of fused-ring (bicyclic) bond motifs is 1. The van der Waals surface area contributed by atoms with Gasteiger partial charge in [-0.2, -0.15) is 0 Å². The second-order valence-electron chi connectivity index (χ2n) is 4.57. The monoisotopic (exact) mass is 277 g/mol. The van der Waals surface area contributed by atoms with Gasteiger partial charge in [0.05, 0.1) is 16.8 Å². The summed E-state index contributed by atoms with van der Waals surface area (Å²) in [7, 11) is 1.83. The normalized spacial score (nSPS) is 10.8. The summed E-state index contributed by atoms with van der Waals surface area (Å²) >= 11 is 1.65. The van der Waals surface area contributed by atoms with Crippen molar-refractivity contribution in [3.05, 3.63) is 29.3 Å². The number of rotatable bonds is 6. The van der Waals surface area contributed by atoms with Crippen LogP contribution in [-0.4, -0.2) is 29.4 Å². The summed E-state index contributed by atoms with van der Waals surface area (Å²) in [5.41, 5.74) is 6.43. The van der Waals surface area contributed by atoms with Crippen LogP contribution in [0.2, 0.25) is 0 Å². The van der Waals surface area contributed by atoms with Crippen molar-refractivity contribution in [1.82, 2.24) is 9.88 Å². The minimum Gasteiger partial charge on any atom is -0.339 e. The van der Waals surface area contributed by atoms with Crippen LogP contribution in [0.3, 0.4) is 0 Å². The zero-order valence-corrected chi connectivity index (χ0v) is 11.9. The van der Waals surface area contributed by atoms with E-state index in [0.717, 1.165) is 23.4 Å². The van der Waals surface area contributed by atoms with E-state index in [0.29, 0.717) is 19.5 Å². The molecule has 0 radical (unpaired) electrons. The first kappa shape index (κ1) is 14.0. The van der Waals surface area contributed by atoms with E-state index in [1.54, 1.807) is 16.2 Å². The van der Waals surface area contributed by atoms with E-state index in [2.05, 4.69) is 11.1 Å². The molecule has 5 heteroatoms. The van der Waals surface area contributed by atoms with Crippen LogP contribution in [0.15, 0.2) is 24.3 Å². The first-order valence-electron chi connectivity index (χ1n) is 6.49. The molecule has 0 spiro atoms. The SMILES string of the molecule is CN(Cc1nc2ccccc2s1)C(=O)CCCCN. The summed E-state index contributed by atoms with van der Waals surface area (Å²) in [5, 5.41) is 0.982. The number of carbonyl (C=O) groups is 1. The first-order chi connectivity index (χ1) is 9.20. The van der Waals surface area contributed by atoms with Crippen molar-refractivity contribution in [2.24, 2.45) is 5.73 Å². The van der Waals surface area contributed by atoms with Gasteiger partial charge in [-0.25, -0.2) is 4.98 Å². The van der Waals surface area contributed by atoms with E-state index in [-0.39, 0.29) is 5.91 Å². The third-order valence-electron chi connectivity index (χ3n) is 2.98. The second-order valence-corrected chi connectivity index (χ2v) is 5.69. The Hall–Kier alpha value is -1.46. The van der Waals surface area contributed by atoms with Gasteiger partial charge >= 0.3 is 0 Å². The molecule has 0 fully saturated rings. The quantitative estimate of drug-likeness (QED) is 0.825. The molecule has 0 aliphatic carbocycles. The Morgan fingerprint density at radius 2 is 2.16 bits per heavy atom. The Kier molecular flexibility index (Phi) is 4.87. The number of para-hydroxylation sites is 1. The molecule has 19 heavy (non-hydrogen) atoms. The predicted octanol–water partition coefficient (Wildman–Crippen LogP) is 2.38. The summed E-state index contributed by atoms with van der Waals surface area (Å²) in [5.74, 6) is 0.160. The molecule has 1 aromatic carbocycles. The van der Waals surface area contributed by atoms with Crippen molar-refractivity contribution < 1.29 is 4.79 Å². The van der Waals surface area contributed by atoms with Gasteiger partial charge in [0, 0.05) is 13.5 Å². The second kappa shape index (κ2) is 6.63. The molecule has 102 valence electrons. The fourth-order valence-corrected chi connectivity index (χ4v) is 2.91. The highest BCUT2D eigenvalue weighted by Crippen LogP contribution is 2.22. The highest BCUT2D eigenvalue weighted by atomic mass is 32.1. The van der Waals surface area contributed by atoms with E-state index >= 15 is 0 Å². The van der Waals surface area contributed by atoms with Crippen LogP contribution in [0.4, 0.5) is 0 Å². The molecule has 1 heterocycles. The minimum absolute atomic E-state index is 0.160. The van der Waals surface area contributed by atoms with Gasteiger partial charge in [0.15, 0.2) is 0 Å². The Balaban J connectivity index is 1.94. The molecular weight excluding hydrogens is 258 g/mol. The maximum absolute atomic E-state index is 11.9. The van der Waals surface area contributed by atoms with Crippen LogP contribution in [0.25, 0.3) is 10.2 Å². The lowest BCUT2D eigenvalue weighted by atomic mass is 10.2. The van der Waals surface area contributed by atoms with Gasteiger partial charge in [0.25, 0.3) is 0 Å². The third-order valence-corrected chi connectivity index (χ3v) is 4.00. The molecule has 4 nitrogen and oxygen atoms in total. The number of hydrogen-bond donors (Lipinski definition) is 1. The lowest BCUT2D eigenvalue weighted by Gasteiger charge is -2.15. The minimum atomic E-state index is 0.160. The summed E-state index contributed by atoms with van der Waals surface area (Å²) in [6.07, 6.45) is 2.33. The molecule has 0 saturated heterocycles. The van der Waals surface area contributed by atoms with Crippen LogP contribution >= 0.6 is 11.3 Å². The molecule has 0 saturated carbocycles. The predicted molar refractivity (Wildman–Crippen MR) is 79.0 cm³/mol. The molecule has 2 aromatic rings. The van der Waals surface area contributed by atoms with Crippen molar-refractivity contribution in [2.75, 3.05) is 13.6 Å². The number of hydrogen-bond acceptors (Lipinski definition) is 4. The molecule has 0 aliphatic heterocycles. The van der Waals surface area contributed by atoms with Crippen molar-refractivity contribution in [3.8, 4) is 0 Å². The maximum atomic E-state index is 11.9. The van der Waals surface area contributed by atoms with Crippen molar-refractivity contribution in [3.63, 3.8) is 0 Å². The summed E-state index contributed by atoms with van der Waals surface area (Å²) in [6.45, 7) is 1.23. The van der Waals surface area contributed by atoms with Crippen LogP contribution in [0.5, 0.6) is 0 Å². The highest BCUT2D eigenvalue weighted by molar-refractivity contribution is 7.18. The number of nitrogens with zero attached hydrogens (tertiary/aromatic N) is 2. The van der Waals surface area contributed by atoms with Gasteiger partial charge in [0.1, 0.15) is 5.01 Å². The number of amides is 1. The highest BCUT2D eigenvalue weighted by Gasteiger charge is 2.11. The first-order valence-corrected chi connectivity index (χ1v) is 7.31. The average Bonchev–Trinajstić information content (AvgIpc) is 2.80. The largest absolute Gasteiger partial charge is 0.339 e. The van der Waals surface area contributed by atoms with Crippen LogP contribution in [0.1, 0.15) is 24.3 Å². The number of unbranched alkanes of at least 4 members (excludes halogenated alkanes) is 1. The summed E-state index contributed by atoms with van der Waals surface area (Å²) in [4.78, 5) is 18.2. The fraction of sp³-hybridized carbons (Fsp3) is 0.429. The molecular formula is C14H19N3OS. The Morgan fingerprint density at radius 3 is 2.89 bits per heavy atom. The summed E-state index contributed by atoms with van der Waals surface area (Å²) in [6, 6.07) is 8.04. The van der Waals surface area contributed by atoms with Crippen molar-refractivity contribution >= 4 is 27.5 Å². The number of thiazole rings is 1. The standard InChI is InChI=1S/C14H19N3OS/c1-17(14(18)8-4-5-9-15)10-13-16-11-6-2-3-7-12(11)19-13/h2-3,6-7H,4-5,8-10,15H2,1H3. The molecule has 0 unspecified atom stereocenters. The van der Waals surface area contributed by atoms with Gasteiger partial charge in [-0.05, 0) is 31.5 Å². The molecule has 0 aliphatic rings. The van der Waals surface area contributed by atoms with Gasteiger partial charge in [-0.15, -0.1) is 11.3 Å². The molecule has 2 rings (SSSR count). The van der Waals surface area contributed by atoms with Crippen LogP contribution in [-0.2, 0) is 11.3 Å². The molecule has 1 aromatic heterocycles. The average molecular weight is 277 g/mol. The van der Waals surface area contributed by atoms with Gasteiger partial charge in [0.2, 0.25) is 5.91 Å². The lowest BCUT2D eigenvalue weighted by Crippen LogP contribution is -2.25. The van der Waals surface area contributed by atoms with E-state index in [9.17, 15) is 4.79 Å². The Labute approximate surface area is 117 Å². The number of aromatic nitrogens is 1. The van der Waals surface area contributed by atoms with E-state index in [1.165, 1.54) is 4.70 Å². The Bertz CT molecular complexity index is 519. The van der Waals surface area contributed by atoms with Gasteiger partial charge < -0.3 is 10.6 Å². The van der Waals surface area contributed by atoms with E-state index < -0.39 is 0 Å². The van der Waals surface area contributed by atoms with Crippen LogP contribution in [0, 0.1) is 0 Å². The molecule has 2 N–H and O–H groups in total. The zero-order chi connectivity index (χ0) is 13.7. The number of benzene rings is 1. The third kappa shape index (κ3) is 3.75. The van der Waals surface area contributed by atoms with Crippen molar-refractivity contribution in [1.29, 1.82) is 0 Å². The molecule has 1 amide bonds. The zero-order valence-electron chi connectivity index (χ0n) is 11.1. The van der Waals surface area contributed by atoms with Gasteiger partial charge in [-0.1, -0.05) is 12.1 Å².